The summed E-state index contributed by atoms with van der Waals surface area (Å²) in [6.07, 6.45) is 0. The van der Waals surface area contributed by atoms with Crippen LogP contribution in [-0.4, -0.2) is 26.5 Å². The van der Waals surface area contributed by atoms with Crippen LogP contribution in [0.15, 0.2) is 109 Å². The van der Waals surface area contributed by atoms with Crippen LogP contribution in [0, 0.1) is 0 Å². The van der Waals surface area contributed by atoms with E-state index < -0.39 is 14.9 Å². The number of carbonyl (C=O) groups is 2. The van der Waals surface area contributed by atoms with Crippen LogP contribution < -0.4 is 0 Å². The van der Waals surface area contributed by atoms with Gasteiger partial charge in [0.1, 0.15) is 0 Å². The number of thioether (sulfide) groups is 6. The summed E-state index contributed by atoms with van der Waals surface area (Å²) in [7, 11) is -6.10. The second-order valence-corrected chi connectivity index (χ2v) is 17.6. The molecule has 4 nitrogen and oxygen atoms in total. The van der Waals surface area contributed by atoms with Gasteiger partial charge in [-0.3, -0.25) is 9.59 Å². The van der Waals surface area contributed by atoms with E-state index in [0.29, 0.717) is 0 Å². The summed E-state index contributed by atoms with van der Waals surface area (Å²) in [4.78, 5) is 27.0. The molecule has 16 heteroatoms. The van der Waals surface area contributed by atoms with Crippen molar-refractivity contribution in [3.8, 4) is 0 Å². The Balaban J connectivity index is 1.85. The second kappa shape index (κ2) is 17.6. The van der Waals surface area contributed by atoms with Gasteiger partial charge in [0.25, 0.3) is 0 Å². The number of ketones is 2. The van der Waals surface area contributed by atoms with Gasteiger partial charge in [-0.15, -0.1) is 0 Å². The molecular weight excluding hydrogens is 738 g/mol. The largest absolute Gasteiger partial charge is 0.796 e. The molecule has 0 unspecified atom stereocenters. The summed E-state index contributed by atoms with van der Waals surface area (Å²) in [6, 6.07) is 19.7. The minimum absolute atomic E-state index is 0.103. The Bertz CT molecular complexity index is 1650. The van der Waals surface area contributed by atoms with E-state index in [1.54, 1.807) is 0 Å². The smallest absolute Gasteiger partial charge is 0.508 e. The van der Waals surface area contributed by atoms with E-state index in [9.17, 15) is 26.9 Å². The molecule has 0 saturated carbocycles. The molecular formula is C32H28B2F4O4S6. The van der Waals surface area contributed by atoms with Crippen molar-refractivity contribution in [2.24, 2.45) is 0 Å². The summed E-state index contributed by atoms with van der Waals surface area (Å²) in [5.41, 5.74) is 3.72. The number of hydrogen-bond acceptors (Lipinski definition) is 10. The highest BCUT2D eigenvalue weighted by Crippen LogP contribution is 2.63. The molecule has 0 N–H and O–H groups in total. The Labute approximate surface area is 304 Å². The fraction of sp³-hybridized carbons (Fsp3) is 0.188. The quantitative estimate of drug-likeness (QED) is 0.0852. The normalized spacial score (nSPS) is 18.0. The number of benzene rings is 2. The van der Waals surface area contributed by atoms with Gasteiger partial charge in [0.15, 0.2) is 11.6 Å². The zero-order chi connectivity index (χ0) is 35.1. The van der Waals surface area contributed by atoms with E-state index in [4.69, 9.17) is 0 Å². The van der Waals surface area contributed by atoms with Crippen molar-refractivity contribution in [3.63, 3.8) is 0 Å². The third kappa shape index (κ3) is 9.94. The van der Waals surface area contributed by atoms with Gasteiger partial charge in [0, 0.05) is 21.0 Å². The number of carbonyl (C=O) groups excluding carboxylic acids is 2. The van der Waals surface area contributed by atoms with E-state index in [1.165, 1.54) is 74.7 Å². The van der Waals surface area contributed by atoms with Crippen molar-refractivity contribution >= 4 is 108 Å². The zero-order valence-electron chi connectivity index (χ0n) is 26.5. The Hall–Kier alpha value is -2.23. The van der Waals surface area contributed by atoms with Crippen LogP contribution in [-0.2, 0) is 18.9 Å². The van der Waals surface area contributed by atoms with Crippen LogP contribution in [0.25, 0.3) is 11.1 Å². The molecule has 0 atom stereocenters. The van der Waals surface area contributed by atoms with Crippen LogP contribution in [0.3, 0.4) is 0 Å². The molecule has 2 aliphatic rings. The Morgan fingerprint density at radius 1 is 0.583 bits per heavy atom. The lowest BCUT2D eigenvalue weighted by Crippen LogP contribution is -2.07. The molecule has 0 saturated heterocycles. The first-order chi connectivity index (χ1) is 22.8. The molecule has 250 valence electrons. The van der Waals surface area contributed by atoms with Crippen LogP contribution in [0.1, 0.15) is 52.7 Å². The van der Waals surface area contributed by atoms with Gasteiger partial charge in [0.2, 0.25) is 0 Å². The third-order valence-electron chi connectivity index (χ3n) is 6.42. The van der Waals surface area contributed by atoms with E-state index in [-0.39, 0.29) is 32.9 Å². The summed E-state index contributed by atoms with van der Waals surface area (Å²) in [6.45, 7) is 9.20. The predicted molar refractivity (Wildman–Crippen MR) is 203 cm³/mol. The van der Waals surface area contributed by atoms with E-state index in [0.717, 1.165) is 72.6 Å². The van der Waals surface area contributed by atoms with Crippen molar-refractivity contribution < 1.29 is 36.2 Å². The van der Waals surface area contributed by atoms with Gasteiger partial charge in [-0.2, -0.15) is 0 Å². The first-order valence-electron chi connectivity index (χ1n) is 14.2. The van der Waals surface area contributed by atoms with Crippen molar-refractivity contribution in [2.75, 3.05) is 0 Å². The Morgan fingerprint density at radius 3 is 1.21 bits per heavy atom. The van der Waals surface area contributed by atoms with E-state index >= 15 is 0 Å². The summed E-state index contributed by atoms with van der Waals surface area (Å²) in [5, 5.41) is 0. The molecule has 4 rings (SSSR count). The van der Waals surface area contributed by atoms with Gasteiger partial charge >= 0.3 is 14.9 Å². The number of allylic oxidation sites excluding steroid dienone is 8. The topological polar surface area (TPSA) is 52.6 Å². The van der Waals surface area contributed by atoms with Crippen LogP contribution in [0.2, 0.25) is 0 Å². The monoisotopic (exact) mass is 766 g/mol. The predicted octanol–water partition coefficient (Wildman–Crippen LogP) is 12.1. The van der Waals surface area contributed by atoms with Crippen LogP contribution in [0.5, 0.6) is 0 Å². The highest BCUT2D eigenvalue weighted by Gasteiger charge is 2.32. The zero-order valence-corrected chi connectivity index (χ0v) is 31.4. The molecule has 0 spiro atoms. The van der Waals surface area contributed by atoms with Crippen molar-refractivity contribution in [2.45, 2.75) is 41.5 Å². The number of Topliss-reactive ketones (excluding diaryl/α,β-unsaturated/α-hetero) is 2. The molecule has 0 amide bonds. The van der Waals surface area contributed by atoms with Crippen LogP contribution in [0.4, 0.5) is 17.3 Å². The van der Waals surface area contributed by atoms with Crippen LogP contribution >= 0.6 is 70.6 Å². The van der Waals surface area contributed by atoms with Gasteiger partial charge in [-0.25, -0.2) is 17.3 Å². The molecule has 2 aliphatic heterocycles. The molecule has 2 heterocycles. The second-order valence-electron chi connectivity index (χ2n) is 10.00. The summed E-state index contributed by atoms with van der Waals surface area (Å²) >= 11 is 8.19. The van der Waals surface area contributed by atoms with E-state index in [1.807, 2.05) is 74.5 Å². The molecule has 2 aromatic carbocycles. The third-order valence-corrected chi connectivity index (χ3v) is 15.0. The number of rotatable bonds is 13. The maximum absolute atomic E-state index is 13.0. The van der Waals surface area contributed by atoms with Gasteiger partial charge < -0.3 is 9.31 Å². The molecule has 0 fully saturated rings. The van der Waals surface area contributed by atoms with Crippen molar-refractivity contribution in [3.05, 3.63) is 120 Å². The van der Waals surface area contributed by atoms with Gasteiger partial charge in [-0.1, -0.05) is 131 Å². The van der Waals surface area contributed by atoms with Crippen molar-refractivity contribution in [1.29, 1.82) is 0 Å². The fourth-order valence-corrected chi connectivity index (χ4v) is 12.6. The number of halogens is 4. The minimum atomic E-state index is -3.05. The molecule has 0 aromatic heterocycles. The minimum Gasteiger partial charge on any atom is -0.508 e. The number of hydrogen-bond donors (Lipinski definition) is 0. The first-order valence-corrected chi connectivity index (χ1v) is 19.1. The van der Waals surface area contributed by atoms with Gasteiger partial charge in [0.05, 0.1) is 38.3 Å². The fourth-order valence-electron chi connectivity index (χ4n) is 4.39. The molecule has 0 radical (unpaired) electrons. The highest BCUT2D eigenvalue weighted by atomic mass is 32.2. The summed E-state index contributed by atoms with van der Waals surface area (Å²) in [5.74, 6) is -1.04. The first kappa shape index (κ1) is 38.6. The van der Waals surface area contributed by atoms with Crippen molar-refractivity contribution in [1.82, 2.24) is 0 Å². The SMILES string of the molecule is CC(=O)/C(SC1=C(C)S/C(=C(\C(=C2/SC(C)=C(S/C(C(C)=O)=C(\C)OB(F)F)S2)c2ccccc2)c2ccccc2)S1)=C(\C)OB(F)F. The average Bonchev–Trinajstić information content (AvgIpc) is 3.57. The van der Waals surface area contributed by atoms with E-state index in [2.05, 4.69) is 9.31 Å². The highest BCUT2D eigenvalue weighted by molar-refractivity contribution is 8.37. The average molecular weight is 767 g/mol. The lowest BCUT2D eigenvalue weighted by molar-refractivity contribution is -0.113. The Kier molecular flexibility index (Phi) is 14.2. The lowest BCUT2D eigenvalue weighted by Gasteiger charge is -2.19. The maximum Gasteiger partial charge on any atom is 0.796 e. The molecule has 0 bridgehead atoms. The summed E-state index contributed by atoms with van der Waals surface area (Å²) < 4.78 is 64.7. The lowest BCUT2D eigenvalue weighted by atomic mass is 9.95. The molecule has 48 heavy (non-hydrogen) atoms. The molecule has 0 aliphatic carbocycles. The Morgan fingerprint density at radius 2 is 0.917 bits per heavy atom. The molecule has 2 aromatic rings. The maximum atomic E-state index is 13.0. The standard InChI is InChI=1S/C32H28B2F4O4S6/c1-17(39)27(19(3)41-33(35)36)45-29-21(5)43-31(47-29)25(23-13-9-7-10-14-23)26(24-15-11-8-12-16-24)32-44-22(6)30(48-32)46-28(18(2)40)20(4)42-34(37)38/h7-16H,1-6H3/b27-19-,28-20+,31-25+,32-26+. The van der Waals surface area contributed by atoms with Gasteiger partial charge in [-0.05, 0) is 52.7 Å².